The third-order valence-corrected chi connectivity index (χ3v) is 3.35. The van der Waals surface area contributed by atoms with Crippen molar-refractivity contribution in [1.82, 2.24) is 0 Å². The predicted octanol–water partition coefficient (Wildman–Crippen LogP) is 2.69. The Labute approximate surface area is 82.9 Å². The summed E-state index contributed by atoms with van der Waals surface area (Å²) in [5.74, 6) is -0.0822. The molecule has 74 valence electrons. The highest BCUT2D eigenvalue weighted by Gasteiger charge is 2.53. The molecule has 1 aliphatic carbocycles. The van der Waals surface area contributed by atoms with Crippen LogP contribution in [0.15, 0.2) is 24.3 Å². The highest BCUT2D eigenvalue weighted by molar-refractivity contribution is 5.64. The Hall–Kier alpha value is -1.18. The maximum atomic E-state index is 12.7. The first-order valence-electron chi connectivity index (χ1n) is 4.94. The maximum Gasteiger partial charge on any atom is 0.123 e. The second-order valence-electron chi connectivity index (χ2n) is 3.96. The molecule has 0 amide bonds. The number of carbonyl (C=O) groups is 1. The fraction of sp³-hybridized carbons (Fsp3) is 0.417. The van der Waals surface area contributed by atoms with Crippen LogP contribution in [0, 0.1) is 11.7 Å². The molecule has 1 fully saturated rings. The fourth-order valence-electron chi connectivity index (χ4n) is 2.24. The molecule has 2 heteroatoms. The lowest BCUT2D eigenvalue weighted by molar-refractivity contribution is -0.109. The second kappa shape index (κ2) is 3.19. The average molecular weight is 192 g/mol. The average Bonchev–Trinajstić information content (AvgIpc) is 2.94. The molecule has 0 bridgehead atoms. The van der Waals surface area contributed by atoms with Crippen LogP contribution in [-0.2, 0) is 10.2 Å². The second-order valence-corrected chi connectivity index (χ2v) is 3.96. The molecule has 2 atom stereocenters. The first-order valence-corrected chi connectivity index (χ1v) is 4.94. The minimum absolute atomic E-state index is 0.00937. The minimum atomic E-state index is -0.219. The van der Waals surface area contributed by atoms with Crippen LogP contribution in [0.1, 0.15) is 25.3 Å². The minimum Gasteiger partial charge on any atom is -0.303 e. The SMILES string of the molecule is CCC1(c2ccc(F)cc2)CC1C=O. The van der Waals surface area contributed by atoms with Gasteiger partial charge in [-0.05, 0) is 30.5 Å². The van der Waals surface area contributed by atoms with Crippen LogP contribution in [0.25, 0.3) is 0 Å². The molecular formula is C12H13FO. The van der Waals surface area contributed by atoms with Crippen LogP contribution >= 0.6 is 0 Å². The van der Waals surface area contributed by atoms with Crippen molar-refractivity contribution in [3.05, 3.63) is 35.6 Å². The molecule has 0 aliphatic heterocycles. The van der Waals surface area contributed by atoms with E-state index in [-0.39, 0.29) is 17.2 Å². The summed E-state index contributed by atoms with van der Waals surface area (Å²) in [7, 11) is 0. The number of hydrogen-bond donors (Lipinski definition) is 0. The third-order valence-electron chi connectivity index (χ3n) is 3.35. The van der Waals surface area contributed by atoms with Crippen molar-refractivity contribution in [2.45, 2.75) is 25.2 Å². The summed E-state index contributed by atoms with van der Waals surface area (Å²) in [6.07, 6.45) is 2.88. The molecule has 14 heavy (non-hydrogen) atoms. The Morgan fingerprint density at radius 2 is 2.14 bits per heavy atom. The fourth-order valence-corrected chi connectivity index (χ4v) is 2.24. The van der Waals surface area contributed by atoms with E-state index >= 15 is 0 Å². The molecule has 0 spiro atoms. The summed E-state index contributed by atoms with van der Waals surface area (Å²) in [6, 6.07) is 6.52. The van der Waals surface area contributed by atoms with Crippen molar-refractivity contribution in [2.75, 3.05) is 0 Å². The Kier molecular flexibility index (Phi) is 2.14. The third kappa shape index (κ3) is 1.26. The van der Waals surface area contributed by atoms with Crippen molar-refractivity contribution >= 4 is 6.29 Å². The summed E-state index contributed by atoms with van der Waals surface area (Å²) in [5, 5.41) is 0. The highest BCUT2D eigenvalue weighted by Crippen LogP contribution is 2.55. The molecule has 1 saturated carbocycles. The van der Waals surface area contributed by atoms with Crippen LogP contribution in [0.4, 0.5) is 4.39 Å². The maximum absolute atomic E-state index is 12.7. The number of benzene rings is 1. The lowest BCUT2D eigenvalue weighted by Gasteiger charge is -2.13. The van der Waals surface area contributed by atoms with Gasteiger partial charge in [-0.15, -0.1) is 0 Å². The van der Waals surface area contributed by atoms with Gasteiger partial charge in [0.05, 0.1) is 0 Å². The zero-order valence-electron chi connectivity index (χ0n) is 8.16. The largest absolute Gasteiger partial charge is 0.303 e. The number of aldehydes is 1. The van der Waals surface area contributed by atoms with E-state index in [0.717, 1.165) is 24.7 Å². The molecule has 1 nitrogen and oxygen atoms in total. The van der Waals surface area contributed by atoms with Crippen molar-refractivity contribution in [2.24, 2.45) is 5.92 Å². The molecule has 0 aromatic heterocycles. The van der Waals surface area contributed by atoms with E-state index in [2.05, 4.69) is 6.92 Å². The van der Waals surface area contributed by atoms with Crippen molar-refractivity contribution < 1.29 is 9.18 Å². The molecule has 0 radical (unpaired) electrons. The van der Waals surface area contributed by atoms with Crippen LogP contribution < -0.4 is 0 Å². The van der Waals surface area contributed by atoms with Gasteiger partial charge in [0.15, 0.2) is 0 Å². The summed E-state index contributed by atoms with van der Waals surface area (Å²) in [5.41, 5.74) is 1.11. The zero-order valence-corrected chi connectivity index (χ0v) is 8.16. The van der Waals surface area contributed by atoms with Gasteiger partial charge in [0, 0.05) is 11.3 Å². The van der Waals surface area contributed by atoms with E-state index in [4.69, 9.17) is 0 Å². The van der Waals surface area contributed by atoms with Gasteiger partial charge in [0.25, 0.3) is 0 Å². The zero-order chi connectivity index (χ0) is 10.2. The van der Waals surface area contributed by atoms with E-state index in [1.165, 1.54) is 12.1 Å². The van der Waals surface area contributed by atoms with Crippen LogP contribution in [0.3, 0.4) is 0 Å². The van der Waals surface area contributed by atoms with E-state index in [1.807, 2.05) is 0 Å². The van der Waals surface area contributed by atoms with E-state index < -0.39 is 0 Å². The predicted molar refractivity (Wildman–Crippen MR) is 52.5 cm³/mol. The van der Waals surface area contributed by atoms with Crippen LogP contribution in [0.2, 0.25) is 0 Å². The van der Waals surface area contributed by atoms with E-state index in [0.29, 0.717) is 0 Å². The molecule has 1 aromatic carbocycles. The Balaban J connectivity index is 2.30. The van der Waals surface area contributed by atoms with Gasteiger partial charge in [-0.1, -0.05) is 19.1 Å². The normalized spacial score (nSPS) is 30.0. The summed E-state index contributed by atoms with van der Waals surface area (Å²) in [6.45, 7) is 2.08. The molecule has 1 aromatic rings. The Morgan fingerprint density at radius 3 is 2.57 bits per heavy atom. The van der Waals surface area contributed by atoms with Crippen LogP contribution in [-0.4, -0.2) is 6.29 Å². The lowest BCUT2D eigenvalue weighted by Crippen LogP contribution is -2.09. The summed E-state index contributed by atoms with van der Waals surface area (Å²) >= 11 is 0. The Bertz CT molecular complexity index is 344. The van der Waals surface area contributed by atoms with Gasteiger partial charge in [0.1, 0.15) is 12.1 Å². The van der Waals surface area contributed by atoms with Crippen LogP contribution in [0.5, 0.6) is 0 Å². The number of hydrogen-bond acceptors (Lipinski definition) is 1. The van der Waals surface area contributed by atoms with Gasteiger partial charge >= 0.3 is 0 Å². The monoisotopic (exact) mass is 192 g/mol. The van der Waals surface area contributed by atoms with Crippen molar-refractivity contribution in [3.63, 3.8) is 0 Å². The van der Waals surface area contributed by atoms with E-state index in [1.54, 1.807) is 12.1 Å². The van der Waals surface area contributed by atoms with Crippen molar-refractivity contribution in [3.8, 4) is 0 Å². The van der Waals surface area contributed by atoms with Gasteiger partial charge in [-0.3, -0.25) is 0 Å². The number of carbonyl (C=O) groups excluding carboxylic acids is 1. The van der Waals surface area contributed by atoms with Gasteiger partial charge < -0.3 is 4.79 Å². The van der Waals surface area contributed by atoms with Gasteiger partial charge in [-0.25, -0.2) is 4.39 Å². The quantitative estimate of drug-likeness (QED) is 0.673. The molecule has 0 heterocycles. The first kappa shape index (κ1) is 9.38. The van der Waals surface area contributed by atoms with Gasteiger partial charge in [-0.2, -0.15) is 0 Å². The summed E-state index contributed by atoms with van der Waals surface area (Å²) < 4.78 is 12.7. The van der Waals surface area contributed by atoms with Crippen molar-refractivity contribution in [1.29, 1.82) is 0 Å². The van der Waals surface area contributed by atoms with Gasteiger partial charge in [0.2, 0.25) is 0 Å². The molecule has 2 rings (SSSR count). The standard InChI is InChI=1S/C12H13FO/c1-2-12(7-10(12)8-14)9-3-5-11(13)6-4-9/h3-6,8,10H,2,7H2,1H3. The molecule has 0 saturated heterocycles. The molecular weight excluding hydrogens is 179 g/mol. The highest BCUT2D eigenvalue weighted by atomic mass is 19.1. The lowest BCUT2D eigenvalue weighted by atomic mass is 9.91. The topological polar surface area (TPSA) is 17.1 Å². The Morgan fingerprint density at radius 1 is 1.50 bits per heavy atom. The number of halogens is 1. The van der Waals surface area contributed by atoms with E-state index in [9.17, 15) is 9.18 Å². The molecule has 1 aliphatic rings. The molecule has 0 N–H and O–H groups in total. The molecule has 2 unspecified atom stereocenters. The smallest absolute Gasteiger partial charge is 0.123 e. The number of rotatable bonds is 3. The summed E-state index contributed by atoms with van der Waals surface area (Å²) in [4.78, 5) is 10.7. The first-order chi connectivity index (χ1) is 6.73.